The van der Waals surface area contributed by atoms with Crippen molar-refractivity contribution in [3.05, 3.63) is 54.6 Å². The maximum absolute atomic E-state index is 12.6. The van der Waals surface area contributed by atoms with Crippen molar-refractivity contribution in [1.29, 1.82) is 0 Å². The van der Waals surface area contributed by atoms with Gasteiger partial charge in [-0.15, -0.1) is 0 Å². The molecule has 0 saturated carbocycles. The first kappa shape index (κ1) is 32.5. The molecular formula is C34H49N5O4. The minimum Gasteiger partial charge on any atom is -0.446 e. The van der Waals surface area contributed by atoms with Gasteiger partial charge in [-0.1, -0.05) is 55.0 Å². The molecule has 234 valence electrons. The van der Waals surface area contributed by atoms with Crippen LogP contribution in [0.25, 0.3) is 11.1 Å². The number of anilines is 1. The van der Waals surface area contributed by atoms with Crippen LogP contribution in [0.15, 0.2) is 54.6 Å². The quantitative estimate of drug-likeness (QED) is 0.271. The van der Waals surface area contributed by atoms with E-state index in [2.05, 4.69) is 25.8 Å². The molecule has 0 radical (unpaired) electrons. The molecule has 0 unspecified atom stereocenters. The summed E-state index contributed by atoms with van der Waals surface area (Å²) < 4.78 is 5.74. The van der Waals surface area contributed by atoms with E-state index in [0.717, 1.165) is 101 Å². The topological polar surface area (TPSA) is 103 Å². The minimum absolute atomic E-state index is 0.110. The third kappa shape index (κ3) is 11.0. The molecular weight excluding hydrogens is 542 g/mol. The first-order chi connectivity index (χ1) is 21.0. The Balaban J connectivity index is 1.02. The van der Waals surface area contributed by atoms with E-state index in [9.17, 15) is 14.4 Å². The third-order valence-corrected chi connectivity index (χ3v) is 8.49. The monoisotopic (exact) mass is 591 g/mol. The van der Waals surface area contributed by atoms with Crippen LogP contribution in [0, 0.1) is 5.92 Å². The number of rotatable bonds is 14. The maximum Gasteiger partial charge on any atom is 0.411 e. The SMILES string of the molecule is CCNC(=O)C1CCN(CCCCCC(=O)NCCN2CCC(OC(=O)Nc3ccccc3-c3ccccc3)CC2)CC1. The lowest BCUT2D eigenvalue weighted by Crippen LogP contribution is -2.42. The van der Waals surface area contributed by atoms with Crippen LogP contribution < -0.4 is 16.0 Å². The zero-order valence-corrected chi connectivity index (χ0v) is 25.7. The highest BCUT2D eigenvalue weighted by Gasteiger charge is 2.24. The summed E-state index contributed by atoms with van der Waals surface area (Å²) in [5.74, 6) is 0.488. The molecule has 9 heteroatoms. The number of hydrogen-bond donors (Lipinski definition) is 3. The highest BCUT2D eigenvalue weighted by Crippen LogP contribution is 2.28. The van der Waals surface area contributed by atoms with E-state index < -0.39 is 6.09 Å². The zero-order chi connectivity index (χ0) is 30.3. The Morgan fingerprint density at radius 2 is 1.47 bits per heavy atom. The van der Waals surface area contributed by atoms with Crippen molar-refractivity contribution in [2.24, 2.45) is 5.92 Å². The van der Waals surface area contributed by atoms with E-state index in [4.69, 9.17) is 4.74 Å². The van der Waals surface area contributed by atoms with Crippen LogP contribution in [0.2, 0.25) is 0 Å². The molecule has 2 fully saturated rings. The van der Waals surface area contributed by atoms with Gasteiger partial charge in [-0.25, -0.2) is 4.79 Å². The van der Waals surface area contributed by atoms with Crippen molar-refractivity contribution in [1.82, 2.24) is 20.4 Å². The molecule has 4 rings (SSSR count). The predicted octanol–water partition coefficient (Wildman–Crippen LogP) is 4.89. The van der Waals surface area contributed by atoms with Gasteiger partial charge in [-0.05, 0) is 76.7 Å². The van der Waals surface area contributed by atoms with Crippen molar-refractivity contribution in [2.75, 3.05) is 57.7 Å². The van der Waals surface area contributed by atoms with Crippen molar-refractivity contribution < 1.29 is 19.1 Å². The average Bonchev–Trinajstić information content (AvgIpc) is 3.03. The lowest BCUT2D eigenvalue weighted by molar-refractivity contribution is -0.126. The first-order valence-corrected chi connectivity index (χ1v) is 16.1. The van der Waals surface area contributed by atoms with E-state index in [1.54, 1.807) is 0 Å². The number of carbonyl (C=O) groups is 3. The van der Waals surface area contributed by atoms with Gasteiger partial charge in [0.05, 0.1) is 5.69 Å². The number of nitrogens with zero attached hydrogens (tertiary/aromatic N) is 2. The largest absolute Gasteiger partial charge is 0.446 e. The Labute approximate surface area is 256 Å². The fourth-order valence-electron chi connectivity index (χ4n) is 5.98. The highest BCUT2D eigenvalue weighted by atomic mass is 16.6. The number of amides is 3. The number of nitrogens with one attached hydrogen (secondary N) is 3. The van der Waals surface area contributed by atoms with Crippen molar-refractivity contribution >= 4 is 23.6 Å². The molecule has 0 aromatic heterocycles. The van der Waals surface area contributed by atoms with Crippen LogP contribution in [0.3, 0.4) is 0 Å². The fraction of sp³-hybridized carbons (Fsp3) is 0.559. The van der Waals surface area contributed by atoms with Gasteiger partial charge in [0, 0.05) is 50.6 Å². The van der Waals surface area contributed by atoms with E-state index >= 15 is 0 Å². The fourth-order valence-corrected chi connectivity index (χ4v) is 5.98. The average molecular weight is 592 g/mol. The van der Waals surface area contributed by atoms with Gasteiger partial charge in [0.1, 0.15) is 6.10 Å². The molecule has 3 amide bonds. The van der Waals surface area contributed by atoms with Gasteiger partial charge in [-0.2, -0.15) is 0 Å². The molecule has 0 spiro atoms. The Bertz CT molecular complexity index is 1140. The summed E-state index contributed by atoms with van der Waals surface area (Å²) in [7, 11) is 0. The highest BCUT2D eigenvalue weighted by molar-refractivity contribution is 5.91. The third-order valence-electron chi connectivity index (χ3n) is 8.49. The van der Waals surface area contributed by atoms with Crippen LogP contribution in [0.1, 0.15) is 58.3 Å². The first-order valence-electron chi connectivity index (χ1n) is 16.1. The van der Waals surface area contributed by atoms with Crippen LogP contribution in [-0.4, -0.2) is 86.2 Å². The van der Waals surface area contributed by atoms with Crippen LogP contribution >= 0.6 is 0 Å². The molecule has 0 bridgehead atoms. The van der Waals surface area contributed by atoms with Crippen molar-refractivity contribution in [3.63, 3.8) is 0 Å². The molecule has 3 N–H and O–H groups in total. The van der Waals surface area contributed by atoms with Gasteiger partial charge < -0.3 is 25.2 Å². The Hall–Kier alpha value is -3.43. The summed E-state index contributed by atoms with van der Waals surface area (Å²) >= 11 is 0. The van der Waals surface area contributed by atoms with E-state index in [-0.39, 0.29) is 23.8 Å². The lowest BCUT2D eigenvalue weighted by atomic mass is 9.95. The molecule has 2 aliphatic rings. The number of benzene rings is 2. The zero-order valence-electron chi connectivity index (χ0n) is 25.7. The molecule has 2 aromatic carbocycles. The van der Waals surface area contributed by atoms with Crippen LogP contribution in [0.5, 0.6) is 0 Å². The van der Waals surface area contributed by atoms with E-state index in [1.807, 2.05) is 61.5 Å². The minimum atomic E-state index is -0.421. The molecule has 0 atom stereocenters. The molecule has 0 aliphatic carbocycles. The van der Waals surface area contributed by atoms with Crippen molar-refractivity contribution in [3.8, 4) is 11.1 Å². The van der Waals surface area contributed by atoms with E-state index in [0.29, 0.717) is 19.5 Å². The van der Waals surface area contributed by atoms with E-state index in [1.165, 1.54) is 0 Å². The second-order valence-corrected chi connectivity index (χ2v) is 11.7. The summed E-state index contributed by atoms with van der Waals surface area (Å²) in [6.07, 6.45) is 6.53. The lowest BCUT2D eigenvalue weighted by Gasteiger charge is -2.31. The number of piperidine rings is 2. The molecule has 43 heavy (non-hydrogen) atoms. The van der Waals surface area contributed by atoms with Gasteiger partial charge in [0.25, 0.3) is 0 Å². The summed E-state index contributed by atoms with van der Waals surface area (Å²) in [5, 5.41) is 8.92. The standard InChI is InChI=1S/C34H49N5O4/c1-2-35-33(41)28-16-22-38(23-17-28)21-10-4-7-15-32(40)36-20-26-39-24-18-29(19-25-39)43-34(42)37-31-14-9-8-13-30(31)27-11-5-3-6-12-27/h3,5-6,8-9,11-14,28-29H,2,4,7,10,15-26H2,1H3,(H,35,41)(H,36,40)(H,37,42). The molecule has 9 nitrogen and oxygen atoms in total. The summed E-state index contributed by atoms with van der Waals surface area (Å²) in [6, 6.07) is 17.7. The van der Waals surface area contributed by atoms with Crippen molar-refractivity contribution in [2.45, 2.75) is 64.4 Å². The Morgan fingerprint density at radius 3 is 2.21 bits per heavy atom. The predicted molar refractivity (Wildman–Crippen MR) is 171 cm³/mol. The maximum atomic E-state index is 12.6. The number of ether oxygens (including phenoxy) is 1. The van der Waals surface area contributed by atoms with Gasteiger partial charge >= 0.3 is 6.09 Å². The Morgan fingerprint density at radius 1 is 0.791 bits per heavy atom. The summed E-state index contributed by atoms with van der Waals surface area (Å²) in [5.41, 5.74) is 2.74. The number of carbonyl (C=O) groups excluding carboxylic acids is 3. The van der Waals surface area contributed by atoms with Gasteiger partial charge in [-0.3, -0.25) is 14.9 Å². The number of hydrogen-bond acceptors (Lipinski definition) is 6. The number of unbranched alkanes of at least 4 members (excludes halogenated alkanes) is 2. The molecule has 2 aromatic rings. The smallest absolute Gasteiger partial charge is 0.411 e. The second-order valence-electron chi connectivity index (χ2n) is 11.7. The summed E-state index contributed by atoms with van der Waals surface area (Å²) in [4.78, 5) is 41.7. The molecule has 2 heterocycles. The number of likely N-dealkylation sites (tertiary alicyclic amines) is 2. The number of para-hydroxylation sites is 1. The molecule has 2 saturated heterocycles. The molecule has 2 aliphatic heterocycles. The van der Waals surface area contributed by atoms with Gasteiger partial charge in [0.15, 0.2) is 0 Å². The van der Waals surface area contributed by atoms with Crippen LogP contribution in [-0.2, 0) is 14.3 Å². The Kier molecular flexibility index (Phi) is 13.3. The van der Waals surface area contributed by atoms with Crippen LogP contribution in [0.4, 0.5) is 10.5 Å². The van der Waals surface area contributed by atoms with Gasteiger partial charge in [0.2, 0.25) is 11.8 Å². The second kappa shape index (κ2) is 17.6. The summed E-state index contributed by atoms with van der Waals surface area (Å²) in [6.45, 7) is 8.82. The normalized spacial score (nSPS) is 16.9.